The van der Waals surface area contributed by atoms with Crippen LogP contribution in [0.25, 0.3) is 0 Å². The lowest BCUT2D eigenvalue weighted by Crippen LogP contribution is -2.27. The van der Waals surface area contributed by atoms with Gasteiger partial charge in [0.15, 0.2) is 0 Å². The molecule has 1 aliphatic heterocycles. The lowest BCUT2D eigenvalue weighted by Gasteiger charge is -2.07. The first-order chi connectivity index (χ1) is 4.70. The van der Waals surface area contributed by atoms with Gasteiger partial charge in [0, 0.05) is 12.5 Å². The molecule has 0 aliphatic carbocycles. The molecule has 0 spiro atoms. The van der Waals surface area contributed by atoms with Gasteiger partial charge < -0.3 is 16.2 Å². The fraction of sp³-hybridized carbons (Fsp3) is 0.833. The van der Waals surface area contributed by atoms with Crippen LogP contribution in [0.15, 0.2) is 0 Å². The van der Waals surface area contributed by atoms with Crippen molar-refractivity contribution in [3.05, 3.63) is 0 Å². The number of nitrogens with one attached hydrogen (secondary N) is 1. The molecular formula is C6H12N2O2. The number of rotatable bonds is 2. The summed E-state index contributed by atoms with van der Waals surface area (Å²) in [5, 5.41) is 11.4. The monoisotopic (exact) mass is 144 g/mol. The van der Waals surface area contributed by atoms with Crippen LogP contribution < -0.4 is 11.1 Å². The minimum Gasteiger partial charge on any atom is -0.379 e. The van der Waals surface area contributed by atoms with Crippen LogP contribution >= 0.6 is 0 Å². The highest BCUT2D eigenvalue weighted by molar-refractivity contribution is 5.80. The van der Waals surface area contributed by atoms with Crippen molar-refractivity contribution in [2.24, 2.45) is 11.7 Å². The van der Waals surface area contributed by atoms with Gasteiger partial charge in [-0.05, 0) is 12.8 Å². The van der Waals surface area contributed by atoms with Crippen LogP contribution in [0.1, 0.15) is 12.8 Å². The summed E-state index contributed by atoms with van der Waals surface area (Å²) in [6.45, 7) is 0.718. The fourth-order valence-electron chi connectivity index (χ4n) is 1.16. The van der Waals surface area contributed by atoms with E-state index in [-0.39, 0.29) is 11.8 Å². The Labute approximate surface area is 59.4 Å². The maximum absolute atomic E-state index is 10.8. The molecule has 0 aromatic heterocycles. The summed E-state index contributed by atoms with van der Waals surface area (Å²) in [5.74, 6) is -0.0514. The number of carbonyl (C=O) groups excluding carboxylic acids is 1. The highest BCUT2D eigenvalue weighted by atomic mass is 16.3. The predicted molar refractivity (Wildman–Crippen MR) is 35.9 cm³/mol. The highest BCUT2D eigenvalue weighted by Crippen LogP contribution is 2.13. The van der Waals surface area contributed by atoms with E-state index < -0.39 is 6.23 Å². The topological polar surface area (TPSA) is 75.3 Å². The van der Waals surface area contributed by atoms with Crippen molar-refractivity contribution in [2.75, 3.05) is 6.54 Å². The van der Waals surface area contributed by atoms with E-state index in [1.54, 1.807) is 0 Å². The SMILES string of the molecule is NC(O)C[C@@H]1CCNC1=O. The number of hydrogen-bond acceptors (Lipinski definition) is 3. The van der Waals surface area contributed by atoms with Gasteiger partial charge in [0.1, 0.15) is 6.23 Å². The minimum atomic E-state index is -0.853. The van der Waals surface area contributed by atoms with E-state index in [0.717, 1.165) is 13.0 Å². The summed E-state index contributed by atoms with van der Waals surface area (Å²) in [6.07, 6.45) is 0.327. The molecule has 0 bridgehead atoms. The standard InChI is InChI=1S/C6H12N2O2/c7-5(9)3-4-1-2-8-6(4)10/h4-5,9H,1-3,7H2,(H,8,10)/t4-,5?/m0/s1. The maximum Gasteiger partial charge on any atom is 0.223 e. The first-order valence-electron chi connectivity index (χ1n) is 3.41. The summed E-state index contributed by atoms with van der Waals surface area (Å²) in [6, 6.07) is 0. The van der Waals surface area contributed by atoms with Crippen LogP contribution in [0.3, 0.4) is 0 Å². The molecule has 0 aromatic rings. The molecule has 4 nitrogen and oxygen atoms in total. The summed E-state index contributed by atoms with van der Waals surface area (Å²) in [4.78, 5) is 10.8. The molecule has 1 amide bonds. The Balaban J connectivity index is 2.33. The molecule has 0 aromatic carbocycles. The Bertz CT molecular complexity index is 136. The molecule has 1 rings (SSSR count). The second-order valence-electron chi connectivity index (χ2n) is 2.58. The molecule has 2 atom stereocenters. The lowest BCUT2D eigenvalue weighted by atomic mass is 10.0. The van der Waals surface area contributed by atoms with Crippen molar-refractivity contribution >= 4 is 5.91 Å². The Morgan fingerprint density at radius 2 is 2.60 bits per heavy atom. The zero-order valence-corrected chi connectivity index (χ0v) is 5.71. The number of carbonyl (C=O) groups is 1. The third kappa shape index (κ3) is 1.68. The molecule has 1 aliphatic rings. The van der Waals surface area contributed by atoms with E-state index in [1.807, 2.05) is 0 Å². The van der Waals surface area contributed by atoms with Crippen LogP contribution in [0.5, 0.6) is 0 Å². The van der Waals surface area contributed by atoms with Crippen LogP contribution in [-0.2, 0) is 4.79 Å². The Morgan fingerprint density at radius 3 is 3.00 bits per heavy atom. The summed E-state index contributed by atoms with van der Waals surface area (Å²) < 4.78 is 0. The first kappa shape index (κ1) is 7.50. The second kappa shape index (κ2) is 2.98. The van der Waals surface area contributed by atoms with Gasteiger partial charge in [-0.1, -0.05) is 0 Å². The van der Waals surface area contributed by atoms with E-state index in [1.165, 1.54) is 0 Å². The summed E-state index contributed by atoms with van der Waals surface area (Å²) in [5.41, 5.74) is 5.11. The third-order valence-corrected chi connectivity index (χ3v) is 1.69. The van der Waals surface area contributed by atoms with Crippen molar-refractivity contribution in [1.29, 1.82) is 0 Å². The maximum atomic E-state index is 10.8. The van der Waals surface area contributed by atoms with Gasteiger partial charge in [-0.3, -0.25) is 4.79 Å². The van der Waals surface area contributed by atoms with Crippen LogP contribution in [-0.4, -0.2) is 23.8 Å². The quantitative estimate of drug-likeness (QED) is 0.426. The van der Waals surface area contributed by atoms with E-state index >= 15 is 0 Å². The zero-order chi connectivity index (χ0) is 7.56. The molecule has 1 unspecified atom stereocenters. The van der Waals surface area contributed by atoms with Crippen molar-refractivity contribution < 1.29 is 9.90 Å². The van der Waals surface area contributed by atoms with Gasteiger partial charge in [0.05, 0.1) is 0 Å². The molecule has 4 heteroatoms. The van der Waals surface area contributed by atoms with Crippen molar-refractivity contribution in [1.82, 2.24) is 5.32 Å². The average molecular weight is 144 g/mol. The van der Waals surface area contributed by atoms with Gasteiger partial charge in [-0.25, -0.2) is 0 Å². The number of aliphatic hydroxyl groups excluding tert-OH is 1. The van der Waals surface area contributed by atoms with Gasteiger partial charge in [0.2, 0.25) is 5.91 Å². The lowest BCUT2D eigenvalue weighted by molar-refractivity contribution is -0.123. The molecule has 10 heavy (non-hydrogen) atoms. The molecule has 1 heterocycles. The normalized spacial score (nSPS) is 28.2. The Morgan fingerprint density at radius 1 is 1.90 bits per heavy atom. The van der Waals surface area contributed by atoms with Gasteiger partial charge in [-0.2, -0.15) is 0 Å². The van der Waals surface area contributed by atoms with Crippen LogP contribution in [0.4, 0.5) is 0 Å². The number of aliphatic hydroxyl groups is 1. The van der Waals surface area contributed by atoms with Gasteiger partial charge in [0.25, 0.3) is 0 Å². The molecule has 0 saturated carbocycles. The van der Waals surface area contributed by atoms with Crippen molar-refractivity contribution in [3.63, 3.8) is 0 Å². The molecule has 1 fully saturated rings. The zero-order valence-electron chi connectivity index (χ0n) is 5.71. The minimum absolute atomic E-state index is 0.0181. The van der Waals surface area contributed by atoms with E-state index in [2.05, 4.69) is 5.32 Å². The Hall–Kier alpha value is -0.610. The average Bonchev–Trinajstić information content (AvgIpc) is 2.15. The van der Waals surface area contributed by atoms with Gasteiger partial charge >= 0.3 is 0 Å². The van der Waals surface area contributed by atoms with E-state index in [0.29, 0.717) is 6.42 Å². The highest BCUT2D eigenvalue weighted by Gasteiger charge is 2.24. The third-order valence-electron chi connectivity index (χ3n) is 1.69. The fourth-order valence-corrected chi connectivity index (χ4v) is 1.16. The number of hydrogen-bond donors (Lipinski definition) is 3. The summed E-state index contributed by atoms with van der Waals surface area (Å²) >= 11 is 0. The van der Waals surface area contributed by atoms with E-state index in [9.17, 15) is 4.79 Å². The first-order valence-corrected chi connectivity index (χ1v) is 3.41. The molecular weight excluding hydrogens is 132 g/mol. The van der Waals surface area contributed by atoms with Gasteiger partial charge in [-0.15, -0.1) is 0 Å². The van der Waals surface area contributed by atoms with E-state index in [4.69, 9.17) is 10.8 Å². The van der Waals surface area contributed by atoms with Crippen molar-refractivity contribution in [3.8, 4) is 0 Å². The number of nitrogens with two attached hydrogens (primary N) is 1. The summed E-state index contributed by atoms with van der Waals surface area (Å²) in [7, 11) is 0. The van der Waals surface area contributed by atoms with Crippen molar-refractivity contribution in [2.45, 2.75) is 19.1 Å². The van der Waals surface area contributed by atoms with Crippen LogP contribution in [0, 0.1) is 5.92 Å². The molecule has 4 N–H and O–H groups in total. The number of amides is 1. The molecule has 1 saturated heterocycles. The largest absolute Gasteiger partial charge is 0.379 e. The van der Waals surface area contributed by atoms with Crippen LogP contribution in [0.2, 0.25) is 0 Å². The Kier molecular flexibility index (Phi) is 2.24. The second-order valence-corrected chi connectivity index (χ2v) is 2.58. The predicted octanol–water partition coefficient (Wildman–Crippen LogP) is -1.21. The smallest absolute Gasteiger partial charge is 0.223 e. The molecule has 58 valence electrons. The molecule has 0 radical (unpaired) electrons.